The van der Waals surface area contributed by atoms with E-state index in [4.69, 9.17) is 9.47 Å². The summed E-state index contributed by atoms with van der Waals surface area (Å²) in [5.41, 5.74) is 2.20. The number of amides is 1. The molecule has 138 valence electrons. The van der Waals surface area contributed by atoms with Crippen LogP contribution in [0.4, 0.5) is 0 Å². The number of carbonyl (C=O) groups is 1. The molecule has 1 N–H and O–H groups in total. The summed E-state index contributed by atoms with van der Waals surface area (Å²) in [6.45, 7) is 3.84. The summed E-state index contributed by atoms with van der Waals surface area (Å²) >= 11 is 0. The first-order valence-electron chi connectivity index (χ1n) is 9.02. The Hall–Kier alpha value is -2.37. The minimum atomic E-state index is 0.0318. The number of carbonyl (C=O) groups excluding carboxylic acids is 1. The average molecular weight is 354 g/mol. The molecule has 0 aromatic heterocycles. The van der Waals surface area contributed by atoms with Crippen molar-refractivity contribution < 1.29 is 14.3 Å². The number of rotatable bonds is 7. The standard InChI is InChI=1S/C21H26N2O3/c1-25-19-9-7-17(8-10-19)15-21(24)22-16-20(18-5-3-2-4-6-18)23-11-13-26-14-12-23/h2-10,20H,11-16H2,1H3,(H,22,24). The Labute approximate surface area is 154 Å². The number of morpholine rings is 1. The van der Waals surface area contributed by atoms with Gasteiger partial charge in [-0.2, -0.15) is 0 Å². The van der Waals surface area contributed by atoms with Crippen molar-refractivity contribution in [3.05, 3.63) is 65.7 Å². The second-order valence-electron chi connectivity index (χ2n) is 6.40. The molecule has 5 heteroatoms. The lowest BCUT2D eigenvalue weighted by atomic mass is 10.0. The molecule has 1 aliphatic heterocycles. The molecule has 2 aromatic carbocycles. The molecule has 0 spiro atoms. The van der Waals surface area contributed by atoms with Crippen LogP contribution in [0.25, 0.3) is 0 Å². The normalized spacial score (nSPS) is 16.0. The van der Waals surface area contributed by atoms with Gasteiger partial charge in [-0.15, -0.1) is 0 Å². The quantitative estimate of drug-likeness (QED) is 0.830. The molecule has 1 saturated heterocycles. The zero-order valence-electron chi connectivity index (χ0n) is 15.2. The molecule has 0 saturated carbocycles. The van der Waals surface area contributed by atoms with E-state index < -0.39 is 0 Å². The molecule has 5 nitrogen and oxygen atoms in total. The smallest absolute Gasteiger partial charge is 0.224 e. The van der Waals surface area contributed by atoms with E-state index in [9.17, 15) is 4.79 Å². The first-order chi connectivity index (χ1) is 12.8. The van der Waals surface area contributed by atoms with Gasteiger partial charge in [-0.05, 0) is 23.3 Å². The summed E-state index contributed by atoms with van der Waals surface area (Å²) in [5, 5.41) is 3.10. The van der Waals surface area contributed by atoms with Crippen LogP contribution in [-0.4, -0.2) is 50.8 Å². The average Bonchev–Trinajstić information content (AvgIpc) is 2.70. The highest BCUT2D eigenvalue weighted by Crippen LogP contribution is 2.21. The van der Waals surface area contributed by atoms with E-state index in [1.807, 2.05) is 42.5 Å². The summed E-state index contributed by atoms with van der Waals surface area (Å²) < 4.78 is 10.6. The van der Waals surface area contributed by atoms with Crippen molar-refractivity contribution in [3.8, 4) is 5.75 Å². The third-order valence-electron chi connectivity index (χ3n) is 4.69. The van der Waals surface area contributed by atoms with E-state index in [1.54, 1.807) is 7.11 Å². The molecular formula is C21H26N2O3. The van der Waals surface area contributed by atoms with E-state index >= 15 is 0 Å². The molecular weight excluding hydrogens is 328 g/mol. The van der Waals surface area contributed by atoms with Crippen LogP contribution in [0, 0.1) is 0 Å². The Bertz CT molecular complexity index is 682. The van der Waals surface area contributed by atoms with Crippen LogP contribution < -0.4 is 10.1 Å². The van der Waals surface area contributed by atoms with E-state index in [0.29, 0.717) is 13.0 Å². The van der Waals surface area contributed by atoms with Crippen LogP contribution in [0.15, 0.2) is 54.6 Å². The van der Waals surface area contributed by atoms with Gasteiger partial charge in [-0.25, -0.2) is 0 Å². The molecule has 1 atom stereocenters. The topological polar surface area (TPSA) is 50.8 Å². The van der Waals surface area contributed by atoms with E-state index in [-0.39, 0.29) is 11.9 Å². The summed E-state index contributed by atoms with van der Waals surface area (Å²) in [6, 6.07) is 18.1. The third kappa shape index (κ3) is 5.07. The van der Waals surface area contributed by atoms with E-state index in [0.717, 1.165) is 37.6 Å². The Morgan fingerprint density at radius 1 is 1.12 bits per heavy atom. The van der Waals surface area contributed by atoms with Gasteiger partial charge in [-0.1, -0.05) is 42.5 Å². The number of methoxy groups -OCH3 is 1. The van der Waals surface area contributed by atoms with Crippen LogP contribution in [0.5, 0.6) is 5.75 Å². The predicted molar refractivity (Wildman–Crippen MR) is 101 cm³/mol. The summed E-state index contributed by atoms with van der Waals surface area (Å²) in [5.74, 6) is 0.829. The number of benzene rings is 2. The Kier molecular flexibility index (Phi) is 6.63. The van der Waals surface area contributed by atoms with Gasteiger partial charge in [-0.3, -0.25) is 9.69 Å². The highest BCUT2D eigenvalue weighted by molar-refractivity contribution is 5.78. The van der Waals surface area contributed by atoms with Gasteiger partial charge in [0.05, 0.1) is 32.8 Å². The lowest BCUT2D eigenvalue weighted by molar-refractivity contribution is -0.120. The van der Waals surface area contributed by atoms with Gasteiger partial charge >= 0.3 is 0 Å². The molecule has 1 amide bonds. The van der Waals surface area contributed by atoms with Crippen LogP contribution in [0.3, 0.4) is 0 Å². The fourth-order valence-electron chi connectivity index (χ4n) is 3.22. The SMILES string of the molecule is COc1ccc(CC(=O)NCC(c2ccccc2)N2CCOCC2)cc1. The number of nitrogens with one attached hydrogen (secondary N) is 1. The number of hydrogen-bond donors (Lipinski definition) is 1. The van der Waals surface area contributed by atoms with Gasteiger partial charge in [0.2, 0.25) is 5.91 Å². The predicted octanol–water partition coefficient (Wildman–Crippen LogP) is 2.43. The first kappa shape index (κ1) is 18.4. The van der Waals surface area contributed by atoms with Crippen molar-refractivity contribution in [1.29, 1.82) is 0 Å². The fourth-order valence-corrected chi connectivity index (χ4v) is 3.22. The molecule has 1 unspecified atom stereocenters. The van der Waals surface area contributed by atoms with Crippen molar-refractivity contribution in [2.24, 2.45) is 0 Å². The Balaban J connectivity index is 1.60. The molecule has 1 fully saturated rings. The zero-order chi connectivity index (χ0) is 18.2. The van der Waals surface area contributed by atoms with Gasteiger partial charge in [0, 0.05) is 19.6 Å². The lowest BCUT2D eigenvalue weighted by Crippen LogP contribution is -2.44. The maximum Gasteiger partial charge on any atom is 0.224 e. The fraction of sp³-hybridized carbons (Fsp3) is 0.381. The first-order valence-corrected chi connectivity index (χ1v) is 9.02. The van der Waals surface area contributed by atoms with Gasteiger partial charge in [0.25, 0.3) is 0 Å². The minimum absolute atomic E-state index is 0.0318. The molecule has 3 rings (SSSR count). The van der Waals surface area contributed by atoms with Crippen LogP contribution in [-0.2, 0) is 16.0 Å². The highest BCUT2D eigenvalue weighted by atomic mass is 16.5. The van der Waals surface area contributed by atoms with Crippen LogP contribution in [0.2, 0.25) is 0 Å². The number of ether oxygens (including phenoxy) is 2. The van der Waals surface area contributed by atoms with Crippen LogP contribution in [0.1, 0.15) is 17.2 Å². The Morgan fingerprint density at radius 2 is 1.81 bits per heavy atom. The third-order valence-corrected chi connectivity index (χ3v) is 4.69. The van der Waals surface area contributed by atoms with Crippen molar-refractivity contribution >= 4 is 5.91 Å². The number of hydrogen-bond acceptors (Lipinski definition) is 4. The molecule has 26 heavy (non-hydrogen) atoms. The molecule has 0 bridgehead atoms. The zero-order valence-corrected chi connectivity index (χ0v) is 15.2. The summed E-state index contributed by atoms with van der Waals surface area (Å²) in [7, 11) is 1.64. The Morgan fingerprint density at radius 3 is 2.46 bits per heavy atom. The van der Waals surface area contributed by atoms with Gasteiger partial charge < -0.3 is 14.8 Å². The highest BCUT2D eigenvalue weighted by Gasteiger charge is 2.23. The summed E-state index contributed by atoms with van der Waals surface area (Å²) in [4.78, 5) is 14.8. The maximum absolute atomic E-state index is 12.4. The van der Waals surface area contributed by atoms with Crippen molar-refractivity contribution in [2.45, 2.75) is 12.5 Å². The van der Waals surface area contributed by atoms with Gasteiger partial charge in [0.1, 0.15) is 5.75 Å². The van der Waals surface area contributed by atoms with Crippen molar-refractivity contribution in [2.75, 3.05) is 40.0 Å². The largest absolute Gasteiger partial charge is 0.497 e. The molecule has 0 radical (unpaired) electrons. The monoisotopic (exact) mass is 354 g/mol. The minimum Gasteiger partial charge on any atom is -0.497 e. The van der Waals surface area contributed by atoms with Gasteiger partial charge in [0.15, 0.2) is 0 Å². The maximum atomic E-state index is 12.4. The van der Waals surface area contributed by atoms with E-state index in [2.05, 4.69) is 22.3 Å². The lowest BCUT2D eigenvalue weighted by Gasteiger charge is -2.35. The second kappa shape index (κ2) is 9.36. The van der Waals surface area contributed by atoms with E-state index in [1.165, 1.54) is 5.56 Å². The second-order valence-corrected chi connectivity index (χ2v) is 6.40. The summed E-state index contributed by atoms with van der Waals surface area (Å²) in [6.07, 6.45) is 0.370. The van der Waals surface area contributed by atoms with Crippen LogP contribution >= 0.6 is 0 Å². The molecule has 1 heterocycles. The number of nitrogens with zero attached hydrogens (tertiary/aromatic N) is 1. The molecule has 1 aliphatic rings. The van der Waals surface area contributed by atoms with Crippen molar-refractivity contribution in [3.63, 3.8) is 0 Å². The van der Waals surface area contributed by atoms with Crippen molar-refractivity contribution in [1.82, 2.24) is 10.2 Å². The molecule has 0 aliphatic carbocycles. The molecule has 2 aromatic rings.